The minimum absolute atomic E-state index is 0.164. The Bertz CT molecular complexity index is 683. The van der Waals surface area contributed by atoms with Crippen molar-refractivity contribution in [1.29, 1.82) is 0 Å². The van der Waals surface area contributed by atoms with E-state index >= 15 is 0 Å². The number of hydrogen-bond acceptors (Lipinski definition) is 4. The first-order valence-corrected chi connectivity index (χ1v) is 8.38. The molecule has 0 aliphatic carbocycles. The summed E-state index contributed by atoms with van der Waals surface area (Å²) in [7, 11) is 1.55. The summed E-state index contributed by atoms with van der Waals surface area (Å²) >= 11 is 7.80. The van der Waals surface area contributed by atoms with E-state index in [1.54, 1.807) is 36.7 Å². The second-order valence-electron chi connectivity index (χ2n) is 4.60. The smallest absolute Gasteiger partial charge is 0.244 e. The molecule has 1 N–H and O–H groups in total. The summed E-state index contributed by atoms with van der Waals surface area (Å²) in [4.78, 5) is 12.9. The van der Waals surface area contributed by atoms with Gasteiger partial charge in [-0.25, -0.2) is 0 Å². The van der Waals surface area contributed by atoms with Gasteiger partial charge in [-0.15, -0.1) is 11.3 Å². The first-order chi connectivity index (χ1) is 11.1. The molecule has 4 nitrogen and oxygen atoms in total. The number of ether oxygens (including phenoxy) is 2. The molecule has 0 fully saturated rings. The van der Waals surface area contributed by atoms with Crippen molar-refractivity contribution in [3.8, 4) is 11.5 Å². The third kappa shape index (κ3) is 5.01. The van der Waals surface area contributed by atoms with Crippen LogP contribution >= 0.6 is 22.9 Å². The zero-order valence-corrected chi connectivity index (χ0v) is 14.5. The fourth-order valence-corrected chi connectivity index (χ4v) is 2.86. The molecule has 1 aromatic heterocycles. The third-order valence-corrected chi connectivity index (χ3v) is 4.14. The summed E-state index contributed by atoms with van der Waals surface area (Å²) in [5.41, 5.74) is 0.765. The Kier molecular flexibility index (Phi) is 6.50. The number of hydrogen-bond donors (Lipinski definition) is 1. The van der Waals surface area contributed by atoms with Gasteiger partial charge in [-0.2, -0.15) is 0 Å². The van der Waals surface area contributed by atoms with Gasteiger partial charge < -0.3 is 14.8 Å². The Hall–Kier alpha value is -1.98. The predicted octanol–water partition coefficient (Wildman–Crippen LogP) is 4.14. The number of methoxy groups -OCH3 is 1. The molecular weight excluding hydrogens is 334 g/mol. The highest BCUT2D eigenvalue weighted by atomic mass is 35.5. The lowest BCUT2D eigenvalue weighted by Crippen LogP contribution is -2.19. The molecule has 0 bridgehead atoms. The van der Waals surface area contributed by atoms with Gasteiger partial charge in [0.15, 0.2) is 11.5 Å². The number of carbonyl (C=O) groups is 1. The standard InChI is InChI=1S/C17H18ClNO3S/c1-3-22-17-14(18)9-12(10-15(17)21-2)6-7-16(20)19-11-13-5-4-8-23-13/h4-10H,3,11H2,1-2H3,(H,19,20)/b7-6+. The van der Waals surface area contributed by atoms with Gasteiger partial charge in [0.25, 0.3) is 0 Å². The maximum atomic E-state index is 11.8. The van der Waals surface area contributed by atoms with Gasteiger partial charge >= 0.3 is 0 Å². The molecule has 0 radical (unpaired) electrons. The van der Waals surface area contributed by atoms with E-state index in [4.69, 9.17) is 21.1 Å². The van der Waals surface area contributed by atoms with Crippen LogP contribution in [0.5, 0.6) is 11.5 Å². The summed E-state index contributed by atoms with van der Waals surface area (Å²) in [6.07, 6.45) is 3.16. The molecule has 0 saturated carbocycles. The topological polar surface area (TPSA) is 47.6 Å². The average Bonchev–Trinajstić information content (AvgIpc) is 3.06. The second-order valence-corrected chi connectivity index (χ2v) is 6.04. The van der Waals surface area contributed by atoms with E-state index in [0.29, 0.717) is 29.7 Å². The number of carbonyl (C=O) groups excluding carboxylic acids is 1. The van der Waals surface area contributed by atoms with Crippen LogP contribution in [0, 0.1) is 0 Å². The van der Waals surface area contributed by atoms with E-state index in [0.717, 1.165) is 10.4 Å². The molecular formula is C17H18ClNO3S. The van der Waals surface area contributed by atoms with Crippen LogP contribution in [0.15, 0.2) is 35.7 Å². The molecule has 2 rings (SSSR count). The number of benzene rings is 1. The van der Waals surface area contributed by atoms with E-state index in [9.17, 15) is 4.79 Å². The quantitative estimate of drug-likeness (QED) is 0.763. The Morgan fingerprint density at radius 1 is 1.43 bits per heavy atom. The molecule has 0 aliphatic heterocycles. The molecule has 0 aliphatic rings. The number of thiophene rings is 1. The second kappa shape index (κ2) is 8.60. The lowest BCUT2D eigenvalue weighted by molar-refractivity contribution is -0.116. The zero-order valence-electron chi connectivity index (χ0n) is 13.0. The van der Waals surface area contributed by atoms with E-state index < -0.39 is 0 Å². The summed E-state index contributed by atoms with van der Waals surface area (Å²) in [5, 5.41) is 5.25. The number of amides is 1. The van der Waals surface area contributed by atoms with Gasteiger partial charge in [-0.3, -0.25) is 4.79 Å². The highest BCUT2D eigenvalue weighted by molar-refractivity contribution is 7.09. The van der Waals surface area contributed by atoms with Crippen molar-refractivity contribution in [2.75, 3.05) is 13.7 Å². The van der Waals surface area contributed by atoms with Crippen molar-refractivity contribution in [3.05, 3.63) is 51.2 Å². The number of nitrogens with one attached hydrogen (secondary N) is 1. The molecule has 0 saturated heterocycles. The molecule has 0 unspecified atom stereocenters. The van der Waals surface area contributed by atoms with Gasteiger partial charge in [0.2, 0.25) is 5.91 Å². The summed E-state index contributed by atoms with van der Waals surface area (Å²) in [5.74, 6) is 0.885. The fraction of sp³-hybridized carbons (Fsp3) is 0.235. The lowest BCUT2D eigenvalue weighted by Gasteiger charge is -2.11. The Morgan fingerprint density at radius 2 is 2.26 bits per heavy atom. The Morgan fingerprint density at radius 3 is 2.91 bits per heavy atom. The van der Waals surface area contributed by atoms with E-state index in [1.165, 1.54) is 6.08 Å². The maximum absolute atomic E-state index is 11.8. The van der Waals surface area contributed by atoms with Crippen LogP contribution in [-0.4, -0.2) is 19.6 Å². The molecule has 2 aromatic rings. The van der Waals surface area contributed by atoms with E-state index in [1.807, 2.05) is 24.4 Å². The van der Waals surface area contributed by atoms with Gasteiger partial charge in [0.1, 0.15) is 0 Å². The highest BCUT2D eigenvalue weighted by Crippen LogP contribution is 2.36. The van der Waals surface area contributed by atoms with Gasteiger partial charge in [-0.05, 0) is 42.1 Å². The summed E-state index contributed by atoms with van der Waals surface area (Å²) in [6.45, 7) is 2.89. The van der Waals surface area contributed by atoms with Crippen molar-refractivity contribution in [3.63, 3.8) is 0 Å². The van der Waals surface area contributed by atoms with Gasteiger partial charge in [0, 0.05) is 11.0 Å². The van der Waals surface area contributed by atoms with E-state index in [-0.39, 0.29) is 5.91 Å². The Balaban J connectivity index is 2.03. The van der Waals surface area contributed by atoms with Crippen molar-refractivity contribution in [1.82, 2.24) is 5.32 Å². The summed E-state index contributed by atoms with van der Waals surface area (Å²) in [6, 6.07) is 7.44. The minimum atomic E-state index is -0.164. The van der Waals surface area contributed by atoms with Crippen molar-refractivity contribution >= 4 is 34.9 Å². The largest absolute Gasteiger partial charge is 0.493 e. The molecule has 23 heavy (non-hydrogen) atoms. The zero-order chi connectivity index (χ0) is 16.7. The molecule has 1 heterocycles. The molecule has 1 amide bonds. The predicted molar refractivity (Wildman–Crippen MR) is 94.4 cm³/mol. The molecule has 1 aromatic carbocycles. The highest BCUT2D eigenvalue weighted by Gasteiger charge is 2.10. The van der Waals surface area contributed by atoms with Crippen LogP contribution in [0.3, 0.4) is 0 Å². The van der Waals surface area contributed by atoms with Gasteiger partial charge in [-0.1, -0.05) is 17.7 Å². The van der Waals surface area contributed by atoms with Gasteiger partial charge in [0.05, 0.1) is 25.3 Å². The van der Waals surface area contributed by atoms with Crippen molar-refractivity contribution < 1.29 is 14.3 Å². The first kappa shape index (κ1) is 17.4. The minimum Gasteiger partial charge on any atom is -0.493 e. The monoisotopic (exact) mass is 351 g/mol. The van der Waals surface area contributed by atoms with Crippen LogP contribution in [-0.2, 0) is 11.3 Å². The van der Waals surface area contributed by atoms with Crippen LogP contribution in [0.2, 0.25) is 5.02 Å². The van der Waals surface area contributed by atoms with Crippen LogP contribution in [0.4, 0.5) is 0 Å². The number of rotatable bonds is 7. The van der Waals surface area contributed by atoms with Crippen molar-refractivity contribution in [2.45, 2.75) is 13.5 Å². The third-order valence-electron chi connectivity index (χ3n) is 2.98. The Labute approximate surface area is 144 Å². The fourth-order valence-electron chi connectivity index (χ4n) is 1.94. The van der Waals surface area contributed by atoms with Crippen LogP contribution in [0.25, 0.3) is 6.08 Å². The molecule has 122 valence electrons. The maximum Gasteiger partial charge on any atom is 0.244 e. The average molecular weight is 352 g/mol. The number of halogens is 1. The molecule has 6 heteroatoms. The molecule has 0 atom stereocenters. The van der Waals surface area contributed by atoms with Crippen molar-refractivity contribution in [2.24, 2.45) is 0 Å². The normalized spacial score (nSPS) is 10.7. The summed E-state index contributed by atoms with van der Waals surface area (Å²) < 4.78 is 10.7. The van der Waals surface area contributed by atoms with E-state index in [2.05, 4.69) is 5.32 Å². The lowest BCUT2D eigenvalue weighted by atomic mass is 10.2. The SMILES string of the molecule is CCOc1c(Cl)cc(/C=C/C(=O)NCc2cccs2)cc1OC. The van der Waals surface area contributed by atoms with Crippen LogP contribution in [0.1, 0.15) is 17.4 Å². The van der Waals surface area contributed by atoms with Crippen LogP contribution < -0.4 is 14.8 Å². The molecule has 0 spiro atoms. The first-order valence-electron chi connectivity index (χ1n) is 7.12.